The van der Waals surface area contributed by atoms with Gasteiger partial charge in [-0.2, -0.15) is 8.62 Å². The fraction of sp³-hybridized carbons (Fsp3) is 0.500. The zero-order valence-electron chi connectivity index (χ0n) is 15.8. The van der Waals surface area contributed by atoms with Gasteiger partial charge >= 0.3 is 23.5 Å². The number of aliphatic hydroxyl groups is 1. The quantitative estimate of drug-likeness (QED) is 0.203. The van der Waals surface area contributed by atoms with E-state index in [-0.39, 0.29) is 6.42 Å². The first-order chi connectivity index (χ1) is 14.8. The molecule has 2 unspecified atom stereocenters. The second kappa shape index (κ2) is 8.40. The van der Waals surface area contributed by atoms with Gasteiger partial charge in [-0.1, -0.05) is 0 Å². The molecule has 5 atom stereocenters. The van der Waals surface area contributed by atoms with E-state index < -0.39 is 48.5 Å². The molecule has 1 fully saturated rings. The molecule has 1 aromatic heterocycles. The van der Waals surface area contributed by atoms with Gasteiger partial charge in [0.2, 0.25) is 0 Å². The van der Waals surface area contributed by atoms with Gasteiger partial charge in [-0.05, 0) is 0 Å². The summed E-state index contributed by atoms with van der Waals surface area (Å²) in [7, 11) is -16.5. The molecule has 0 radical (unpaired) electrons. The van der Waals surface area contributed by atoms with E-state index in [1.54, 1.807) is 17.0 Å². The zero-order valence-corrected chi connectivity index (χ0v) is 18.5. The van der Waals surface area contributed by atoms with Gasteiger partial charge in [0, 0.05) is 18.8 Å². The first-order valence-electron chi connectivity index (χ1n) is 8.77. The lowest BCUT2D eigenvalue weighted by Crippen LogP contribution is -2.43. The Labute approximate surface area is 178 Å². The van der Waals surface area contributed by atoms with Crippen molar-refractivity contribution in [2.45, 2.75) is 24.9 Å². The number of aliphatic hydroxyl groups excluding tert-OH is 1. The third-order valence-electron chi connectivity index (χ3n) is 4.46. The number of hydrogen-bond acceptors (Lipinski definition) is 12. The van der Waals surface area contributed by atoms with E-state index >= 15 is 0 Å². The molecule has 0 aliphatic carbocycles. The Hall–Kier alpha value is -1.45. The number of imidazole rings is 1. The molecule has 4 rings (SSSR count). The smallest absolute Gasteiger partial charge is 0.390 e. The monoisotopic (exact) mass is 517 g/mol. The number of aromatic nitrogens is 2. The van der Waals surface area contributed by atoms with Crippen LogP contribution in [0.4, 0.5) is 0 Å². The van der Waals surface area contributed by atoms with Crippen LogP contribution in [0, 0.1) is 0 Å². The van der Waals surface area contributed by atoms with E-state index in [2.05, 4.69) is 28.4 Å². The highest BCUT2D eigenvalue weighted by Gasteiger charge is 2.43. The Morgan fingerprint density at radius 2 is 1.94 bits per heavy atom. The second-order valence-corrected chi connectivity index (χ2v) is 11.1. The van der Waals surface area contributed by atoms with E-state index in [9.17, 15) is 23.7 Å². The maximum Gasteiger partial charge on any atom is 0.490 e. The first kappa shape index (κ1) is 23.7. The topological polar surface area (TPSA) is 235 Å². The van der Waals surface area contributed by atoms with Gasteiger partial charge in [0.15, 0.2) is 5.49 Å². The van der Waals surface area contributed by atoms with Crippen LogP contribution in [0.1, 0.15) is 12.6 Å². The summed E-state index contributed by atoms with van der Waals surface area (Å²) < 4.78 is 52.9. The number of fused-ring (bicyclic) bond motifs is 2. The molecule has 1 saturated heterocycles. The molecular formula is C12H18N5O12P3. The number of nitrogens with zero attached hydrogens (tertiary/aromatic N) is 4. The van der Waals surface area contributed by atoms with Gasteiger partial charge in [-0.15, -0.1) is 0 Å². The van der Waals surface area contributed by atoms with E-state index in [0.717, 1.165) is 5.82 Å². The van der Waals surface area contributed by atoms with Crippen molar-refractivity contribution in [2.75, 3.05) is 13.3 Å². The molecule has 0 aromatic carbocycles. The molecule has 32 heavy (non-hydrogen) atoms. The number of hydrogen-bond donors (Lipinski definition) is 6. The predicted octanol–water partition coefficient (Wildman–Crippen LogP) is -2.09. The predicted molar refractivity (Wildman–Crippen MR) is 99.7 cm³/mol. The third kappa shape index (κ3) is 5.20. The van der Waals surface area contributed by atoms with Crippen molar-refractivity contribution < 1.29 is 56.3 Å². The molecule has 3 aliphatic rings. The third-order valence-corrected chi connectivity index (χ3v) is 8.26. The summed E-state index contributed by atoms with van der Waals surface area (Å²) in [6.07, 6.45) is 1.98. The number of rotatable bonds is 8. The summed E-state index contributed by atoms with van der Waals surface area (Å²) in [5, 5.41) is 13.9. The average Bonchev–Trinajstić information content (AvgIpc) is 3.33. The van der Waals surface area contributed by atoms with Crippen LogP contribution in [0.25, 0.3) is 5.82 Å². The van der Waals surface area contributed by atoms with Crippen LogP contribution in [0.15, 0.2) is 23.7 Å². The molecule has 0 spiro atoms. The summed E-state index contributed by atoms with van der Waals surface area (Å²) in [5.41, 5.74) is 0.498. The summed E-state index contributed by atoms with van der Waals surface area (Å²) in [4.78, 5) is 46.3. The molecule has 0 bridgehead atoms. The minimum absolute atomic E-state index is 0.0491. The summed E-state index contributed by atoms with van der Waals surface area (Å²) in [5.74, 6) is 0.733. The Morgan fingerprint density at radius 3 is 2.66 bits per heavy atom. The Morgan fingerprint density at radius 1 is 1.19 bits per heavy atom. The fourth-order valence-electron chi connectivity index (χ4n) is 3.22. The first-order valence-corrected chi connectivity index (χ1v) is 13.3. The van der Waals surface area contributed by atoms with Crippen molar-refractivity contribution in [3.8, 4) is 0 Å². The van der Waals surface area contributed by atoms with Gasteiger partial charge < -0.3 is 39.6 Å². The molecule has 0 saturated carbocycles. The van der Waals surface area contributed by atoms with E-state index in [1.807, 2.05) is 4.90 Å². The van der Waals surface area contributed by atoms with Crippen molar-refractivity contribution in [1.82, 2.24) is 19.8 Å². The Bertz CT molecular complexity index is 1190. The maximum atomic E-state index is 11.8. The zero-order chi connectivity index (χ0) is 23.3. The molecule has 178 valence electrons. The molecule has 4 heterocycles. The molecule has 3 aliphatic heterocycles. The lowest BCUT2D eigenvalue weighted by Gasteiger charge is -2.20. The highest BCUT2D eigenvalue weighted by molar-refractivity contribution is 7.66. The SMILES string of the molecule is O=P(O)(O)OP(=O)(O)OP(=O)(O)OC[C@H]1O[C@@H](n2cnc3c2=NCN2C=CNC=32)C[C@@H]1O. The Kier molecular flexibility index (Phi) is 6.22. The molecule has 17 nitrogen and oxygen atoms in total. The minimum Gasteiger partial charge on any atom is -0.390 e. The fourth-order valence-corrected chi connectivity index (χ4v) is 6.25. The summed E-state index contributed by atoms with van der Waals surface area (Å²) in [6, 6.07) is 0. The molecular weight excluding hydrogens is 499 g/mol. The number of phosphoric ester groups is 1. The van der Waals surface area contributed by atoms with Crippen LogP contribution in [-0.4, -0.2) is 64.6 Å². The standard InChI is InChI=1S/C12H18N5O12P3/c18-7-3-9(17-6-14-10-11-13-1-2-16(11)5-15-12(10)17)27-8(7)4-26-31(22,23)29-32(24,25)28-30(19,20)21/h1-2,6-9,13,18H,3-5H2,(H,22,23)(H,24,25)(H2,19,20,21)/t7-,8+,9+/m0/s1. The lowest BCUT2D eigenvalue weighted by molar-refractivity contribution is -0.0447. The van der Waals surface area contributed by atoms with Gasteiger partial charge in [-0.25, -0.2) is 23.7 Å². The van der Waals surface area contributed by atoms with Crippen molar-refractivity contribution >= 4 is 29.3 Å². The van der Waals surface area contributed by atoms with Crippen LogP contribution >= 0.6 is 23.5 Å². The number of nitrogens with one attached hydrogen (secondary N) is 1. The van der Waals surface area contributed by atoms with Crippen LogP contribution < -0.4 is 16.2 Å². The number of phosphoric acid groups is 3. The summed E-state index contributed by atoms with van der Waals surface area (Å²) >= 11 is 0. The lowest BCUT2D eigenvalue weighted by atomic mass is 10.2. The van der Waals surface area contributed by atoms with Gasteiger partial charge in [0.1, 0.15) is 30.2 Å². The normalized spacial score (nSPS) is 28.5. The highest BCUT2D eigenvalue weighted by Crippen LogP contribution is 2.66. The van der Waals surface area contributed by atoms with Crippen molar-refractivity contribution in [1.29, 1.82) is 0 Å². The number of ether oxygens (including phenoxy) is 1. The maximum absolute atomic E-state index is 11.8. The minimum atomic E-state index is -5.63. The largest absolute Gasteiger partial charge is 0.490 e. The molecule has 1 aromatic rings. The van der Waals surface area contributed by atoms with Gasteiger partial charge in [0.25, 0.3) is 0 Å². The van der Waals surface area contributed by atoms with Crippen LogP contribution in [0.2, 0.25) is 0 Å². The molecule has 0 amide bonds. The second-order valence-electron chi connectivity index (χ2n) is 6.72. The van der Waals surface area contributed by atoms with Crippen molar-refractivity contribution in [3.05, 3.63) is 29.6 Å². The Balaban J connectivity index is 1.41. The van der Waals surface area contributed by atoms with E-state index in [1.165, 1.54) is 6.33 Å². The van der Waals surface area contributed by atoms with Crippen LogP contribution in [0.5, 0.6) is 0 Å². The summed E-state index contributed by atoms with van der Waals surface area (Å²) in [6.45, 7) is -0.422. The van der Waals surface area contributed by atoms with Crippen LogP contribution in [-0.2, 0) is 31.6 Å². The average molecular weight is 517 g/mol. The van der Waals surface area contributed by atoms with Crippen LogP contribution in [0.3, 0.4) is 0 Å². The van der Waals surface area contributed by atoms with Gasteiger partial charge in [-0.3, -0.25) is 9.09 Å². The van der Waals surface area contributed by atoms with Gasteiger partial charge in [0.05, 0.1) is 19.0 Å². The molecule has 6 N–H and O–H groups in total. The highest BCUT2D eigenvalue weighted by atomic mass is 31.3. The van der Waals surface area contributed by atoms with Crippen molar-refractivity contribution in [3.63, 3.8) is 0 Å². The molecule has 20 heteroatoms. The van der Waals surface area contributed by atoms with E-state index in [0.29, 0.717) is 17.5 Å². The van der Waals surface area contributed by atoms with Crippen molar-refractivity contribution in [2.24, 2.45) is 4.99 Å². The van der Waals surface area contributed by atoms with E-state index in [4.69, 9.17) is 19.4 Å².